The number of carbonyl (C=O) groups is 1. The third kappa shape index (κ3) is 3.64. The predicted octanol–water partition coefficient (Wildman–Crippen LogP) is 2.48. The number of esters is 1. The maximum atomic E-state index is 11.1. The van der Waals surface area contributed by atoms with Gasteiger partial charge in [-0.15, -0.1) is 0 Å². The van der Waals surface area contributed by atoms with Crippen LogP contribution in [0.1, 0.15) is 35.6 Å². The van der Waals surface area contributed by atoms with Gasteiger partial charge in [-0.2, -0.15) is 5.26 Å². The van der Waals surface area contributed by atoms with E-state index in [1.807, 2.05) is 13.8 Å². The highest BCUT2D eigenvalue weighted by atomic mass is 16.5. The number of hydrogen-bond donors (Lipinski definition) is 0. The Hall–Kier alpha value is -2.26. The third-order valence-corrected chi connectivity index (χ3v) is 2.41. The summed E-state index contributed by atoms with van der Waals surface area (Å²) in [7, 11) is 0. The first kappa shape index (κ1) is 13.8. The lowest BCUT2D eigenvalue weighted by Crippen LogP contribution is -2.01. The second-order valence-corrected chi connectivity index (χ2v) is 3.88. The first-order chi connectivity index (χ1) is 8.58. The molecule has 92 valence electrons. The molecule has 1 aromatic rings. The first-order valence-corrected chi connectivity index (χ1v) is 5.74. The van der Waals surface area contributed by atoms with Crippen molar-refractivity contribution in [1.82, 2.24) is 0 Å². The Labute approximate surface area is 107 Å². The van der Waals surface area contributed by atoms with Gasteiger partial charge in [0.2, 0.25) is 0 Å². The number of nitriles is 1. The molecule has 0 saturated heterocycles. The van der Waals surface area contributed by atoms with Crippen LogP contribution in [-0.2, 0) is 9.53 Å². The van der Waals surface area contributed by atoms with E-state index in [9.17, 15) is 4.79 Å². The summed E-state index contributed by atoms with van der Waals surface area (Å²) in [6.45, 7) is 5.94. The summed E-state index contributed by atoms with van der Waals surface area (Å²) in [5.74, 6) is 5.45. The fraction of sp³-hybridized carbons (Fsp3) is 0.333. The van der Waals surface area contributed by atoms with E-state index in [2.05, 4.69) is 17.9 Å². The SMILES string of the molecule is CCOC(=O)CC#Cc1c(C)cc(C#N)cc1C. The van der Waals surface area contributed by atoms with Crippen molar-refractivity contribution in [2.75, 3.05) is 6.61 Å². The zero-order valence-corrected chi connectivity index (χ0v) is 10.8. The van der Waals surface area contributed by atoms with Gasteiger partial charge in [0.1, 0.15) is 6.42 Å². The summed E-state index contributed by atoms with van der Waals surface area (Å²) in [6, 6.07) is 5.69. The molecule has 0 aliphatic carbocycles. The fourth-order valence-electron chi connectivity index (χ4n) is 1.64. The summed E-state index contributed by atoms with van der Waals surface area (Å²) < 4.78 is 4.79. The lowest BCUT2D eigenvalue weighted by molar-refractivity contribution is -0.141. The van der Waals surface area contributed by atoms with Crippen LogP contribution in [0.5, 0.6) is 0 Å². The molecular formula is C15H15NO2. The molecule has 0 N–H and O–H groups in total. The summed E-state index contributed by atoms with van der Waals surface area (Å²) in [5.41, 5.74) is 3.39. The van der Waals surface area contributed by atoms with Crippen LogP contribution in [0.3, 0.4) is 0 Å². The lowest BCUT2D eigenvalue weighted by Gasteiger charge is -2.03. The minimum absolute atomic E-state index is 0.0900. The first-order valence-electron chi connectivity index (χ1n) is 5.74. The zero-order valence-electron chi connectivity index (χ0n) is 10.8. The van der Waals surface area contributed by atoms with Gasteiger partial charge in [0, 0.05) is 5.56 Å². The van der Waals surface area contributed by atoms with Gasteiger partial charge in [-0.05, 0) is 44.0 Å². The molecule has 0 radical (unpaired) electrons. The van der Waals surface area contributed by atoms with E-state index in [0.29, 0.717) is 12.2 Å². The number of aryl methyl sites for hydroxylation is 2. The van der Waals surface area contributed by atoms with Gasteiger partial charge < -0.3 is 4.74 Å². The molecule has 18 heavy (non-hydrogen) atoms. The van der Waals surface area contributed by atoms with Crippen LogP contribution in [-0.4, -0.2) is 12.6 Å². The maximum absolute atomic E-state index is 11.1. The van der Waals surface area contributed by atoms with E-state index < -0.39 is 0 Å². The second-order valence-electron chi connectivity index (χ2n) is 3.88. The summed E-state index contributed by atoms with van der Waals surface area (Å²) in [6.07, 6.45) is 0.0900. The maximum Gasteiger partial charge on any atom is 0.317 e. The summed E-state index contributed by atoms with van der Waals surface area (Å²) in [4.78, 5) is 11.1. The number of ether oxygens (including phenoxy) is 1. The standard InChI is InChI=1S/C15H15NO2/c1-4-18-15(17)7-5-6-14-11(2)8-13(10-16)9-12(14)3/h8-9H,4,7H2,1-3H3. The van der Waals surface area contributed by atoms with Crippen molar-refractivity contribution in [1.29, 1.82) is 5.26 Å². The van der Waals surface area contributed by atoms with Gasteiger partial charge in [0.25, 0.3) is 0 Å². The van der Waals surface area contributed by atoms with Gasteiger partial charge in [-0.3, -0.25) is 4.79 Å². The van der Waals surface area contributed by atoms with Crippen LogP contribution in [0.15, 0.2) is 12.1 Å². The summed E-state index contributed by atoms with van der Waals surface area (Å²) >= 11 is 0. The topological polar surface area (TPSA) is 50.1 Å². The van der Waals surface area contributed by atoms with E-state index in [4.69, 9.17) is 10.00 Å². The van der Waals surface area contributed by atoms with Crippen molar-refractivity contribution in [2.24, 2.45) is 0 Å². The molecule has 0 atom stereocenters. The third-order valence-electron chi connectivity index (χ3n) is 2.41. The highest BCUT2D eigenvalue weighted by molar-refractivity contribution is 5.72. The molecule has 0 fully saturated rings. The smallest absolute Gasteiger partial charge is 0.317 e. The molecule has 3 heteroatoms. The Morgan fingerprint density at radius 3 is 2.44 bits per heavy atom. The van der Waals surface area contributed by atoms with E-state index in [1.165, 1.54) is 0 Å². The molecule has 0 amide bonds. The van der Waals surface area contributed by atoms with Crippen molar-refractivity contribution in [3.8, 4) is 17.9 Å². The van der Waals surface area contributed by atoms with E-state index in [1.54, 1.807) is 19.1 Å². The van der Waals surface area contributed by atoms with Crippen LogP contribution >= 0.6 is 0 Å². The minimum Gasteiger partial charge on any atom is -0.465 e. The molecule has 0 saturated carbocycles. The van der Waals surface area contributed by atoms with Gasteiger partial charge in [-0.1, -0.05) is 11.8 Å². The van der Waals surface area contributed by atoms with Gasteiger partial charge in [0.05, 0.1) is 18.2 Å². The van der Waals surface area contributed by atoms with E-state index >= 15 is 0 Å². The molecule has 0 aromatic heterocycles. The molecular weight excluding hydrogens is 226 g/mol. The molecule has 0 aliphatic heterocycles. The second kappa shape index (κ2) is 6.47. The van der Waals surface area contributed by atoms with Crippen molar-refractivity contribution < 1.29 is 9.53 Å². The monoisotopic (exact) mass is 241 g/mol. The Bertz CT molecular complexity index is 533. The quantitative estimate of drug-likeness (QED) is 0.590. The van der Waals surface area contributed by atoms with Crippen molar-refractivity contribution in [3.05, 3.63) is 34.4 Å². The van der Waals surface area contributed by atoms with E-state index in [0.717, 1.165) is 16.7 Å². The van der Waals surface area contributed by atoms with Gasteiger partial charge in [-0.25, -0.2) is 0 Å². The minimum atomic E-state index is -0.311. The van der Waals surface area contributed by atoms with Crippen molar-refractivity contribution in [3.63, 3.8) is 0 Å². The number of carbonyl (C=O) groups excluding carboxylic acids is 1. The van der Waals surface area contributed by atoms with Crippen LogP contribution in [0.25, 0.3) is 0 Å². The molecule has 0 unspecified atom stereocenters. The zero-order chi connectivity index (χ0) is 13.5. The number of rotatable bonds is 2. The van der Waals surface area contributed by atoms with Crippen LogP contribution in [0, 0.1) is 37.0 Å². The number of nitrogens with zero attached hydrogens (tertiary/aromatic N) is 1. The normalized spacial score (nSPS) is 9.00. The average molecular weight is 241 g/mol. The van der Waals surface area contributed by atoms with Crippen LogP contribution < -0.4 is 0 Å². The van der Waals surface area contributed by atoms with Crippen LogP contribution in [0.4, 0.5) is 0 Å². The van der Waals surface area contributed by atoms with Crippen molar-refractivity contribution >= 4 is 5.97 Å². The molecule has 0 aliphatic rings. The molecule has 1 rings (SSSR count). The molecule has 3 nitrogen and oxygen atoms in total. The summed E-state index contributed by atoms with van der Waals surface area (Å²) in [5, 5.41) is 8.84. The molecule has 0 heterocycles. The molecule has 1 aromatic carbocycles. The highest BCUT2D eigenvalue weighted by Gasteiger charge is 2.03. The molecule has 0 bridgehead atoms. The van der Waals surface area contributed by atoms with Crippen LogP contribution in [0.2, 0.25) is 0 Å². The Kier molecular flexibility index (Phi) is 4.96. The van der Waals surface area contributed by atoms with Gasteiger partial charge in [0.15, 0.2) is 0 Å². The Balaban J connectivity index is 2.90. The van der Waals surface area contributed by atoms with Crippen molar-refractivity contribution in [2.45, 2.75) is 27.2 Å². The van der Waals surface area contributed by atoms with Gasteiger partial charge >= 0.3 is 5.97 Å². The average Bonchev–Trinajstić information content (AvgIpc) is 2.32. The predicted molar refractivity (Wildman–Crippen MR) is 68.8 cm³/mol. The largest absolute Gasteiger partial charge is 0.465 e. The number of benzene rings is 1. The Morgan fingerprint density at radius 2 is 1.94 bits per heavy atom. The number of hydrogen-bond acceptors (Lipinski definition) is 3. The lowest BCUT2D eigenvalue weighted by atomic mass is 10.00. The van der Waals surface area contributed by atoms with E-state index in [-0.39, 0.29) is 12.4 Å². The Morgan fingerprint density at radius 1 is 1.33 bits per heavy atom. The highest BCUT2D eigenvalue weighted by Crippen LogP contribution is 2.15. The molecule has 0 spiro atoms. The fourth-order valence-corrected chi connectivity index (χ4v) is 1.64.